The predicted octanol–water partition coefficient (Wildman–Crippen LogP) is 12.1. The molecule has 4 N–H and O–H groups in total. The van der Waals surface area contributed by atoms with Crippen LogP contribution in [0.4, 0.5) is 11.4 Å². The Hall–Kier alpha value is -3.52. The molecule has 0 aliphatic heterocycles. The van der Waals surface area contributed by atoms with Crippen LogP contribution >= 0.6 is 0 Å². The van der Waals surface area contributed by atoms with E-state index in [9.17, 15) is 0 Å². The van der Waals surface area contributed by atoms with Crippen LogP contribution in [0.5, 0.6) is 0 Å². The molecule has 0 aromatic heterocycles. The van der Waals surface area contributed by atoms with Crippen molar-refractivity contribution in [2.24, 2.45) is 0 Å². The van der Waals surface area contributed by atoms with Crippen molar-refractivity contribution in [1.29, 1.82) is 0 Å². The Kier molecular flexibility index (Phi) is 11.7. The number of aryl methyl sites for hydroxylation is 2. The Balaban J connectivity index is 1.47. The lowest BCUT2D eigenvalue weighted by atomic mass is 9.65. The summed E-state index contributed by atoms with van der Waals surface area (Å²) < 4.78 is 0. The molecule has 244 valence electrons. The Morgan fingerprint density at radius 1 is 0.543 bits per heavy atom. The molecule has 1 saturated carbocycles. The fraction of sp³-hybridized carbons (Fsp3) is 0.455. The fourth-order valence-electron chi connectivity index (χ4n) is 8.35. The van der Waals surface area contributed by atoms with Gasteiger partial charge in [0.15, 0.2) is 0 Å². The lowest BCUT2D eigenvalue weighted by Crippen LogP contribution is -2.30. The topological polar surface area (TPSA) is 52.0 Å². The van der Waals surface area contributed by atoms with E-state index in [-0.39, 0.29) is 5.41 Å². The molecule has 0 saturated heterocycles. The predicted molar refractivity (Wildman–Crippen MR) is 200 cm³/mol. The van der Waals surface area contributed by atoms with E-state index in [2.05, 4.69) is 113 Å². The molecule has 2 nitrogen and oxygen atoms in total. The minimum Gasteiger partial charge on any atom is -0.399 e. The van der Waals surface area contributed by atoms with Gasteiger partial charge >= 0.3 is 0 Å². The summed E-state index contributed by atoms with van der Waals surface area (Å²) in [5.74, 6) is 0.813. The Morgan fingerprint density at radius 3 is 1.33 bits per heavy atom. The summed E-state index contributed by atoms with van der Waals surface area (Å²) in [7, 11) is 0. The van der Waals surface area contributed by atoms with E-state index in [0.29, 0.717) is 11.8 Å². The number of rotatable bonds is 14. The first-order chi connectivity index (χ1) is 22.4. The molecular weight excluding hydrogens is 556 g/mol. The standard InChI is InChI=1S/C44H58N2/c1-5-7-10-14-42(40-26-24-38(45)30-32(40)3)34-16-20-36(21-17-34)44(28-12-9-13-29-44)37-22-18-35(19-23-37)43(15-11-8-6-2)41-27-25-39(46)31-33(41)4/h16-27,30-31,42-43H,5-15,28-29,45-46H2,1-4H3. The van der Waals surface area contributed by atoms with Crippen molar-refractivity contribution in [1.82, 2.24) is 0 Å². The van der Waals surface area contributed by atoms with Gasteiger partial charge in [0, 0.05) is 28.6 Å². The van der Waals surface area contributed by atoms with E-state index in [1.54, 1.807) is 0 Å². The smallest absolute Gasteiger partial charge is 0.0316 e. The number of anilines is 2. The highest BCUT2D eigenvalue weighted by atomic mass is 14.5. The van der Waals surface area contributed by atoms with Crippen molar-refractivity contribution in [2.45, 2.75) is 128 Å². The molecule has 46 heavy (non-hydrogen) atoms. The van der Waals surface area contributed by atoms with Crippen molar-refractivity contribution >= 4 is 11.4 Å². The quantitative estimate of drug-likeness (QED) is 0.110. The summed E-state index contributed by atoms with van der Waals surface area (Å²) in [6.07, 6.45) is 16.3. The second-order valence-corrected chi connectivity index (χ2v) is 14.2. The SMILES string of the molecule is CCCCCC(c1ccc(C2(c3ccc(C(CCCCC)c4ccc(N)cc4C)cc3)CCCCC2)cc1)c1ccc(N)cc1C. The highest BCUT2D eigenvalue weighted by Gasteiger charge is 2.36. The van der Waals surface area contributed by atoms with Crippen LogP contribution in [0.15, 0.2) is 84.9 Å². The molecular formula is C44H58N2. The summed E-state index contributed by atoms with van der Waals surface area (Å²) >= 11 is 0. The van der Waals surface area contributed by atoms with E-state index in [1.807, 2.05) is 0 Å². The second kappa shape index (κ2) is 15.9. The zero-order valence-corrected chi connectivity index (χ0v) is 29.1. The Bertz CT molecular complexity index is 1410. The zero-order chi connectivity index (χ0) is 32.5. The molecule has 2 heteroatoms. The van der Waals surface area contributed by atoms with Gasteiger partial charge in [0.25, 0.3) is 0 Å². The van der Waals surface area contributed by atoms with Gasteiger partial charge in [-0.1, -0.05) is 132 Å². The largest absolute Gasteiger partial charge is 0.399 e. The number of nitrogens with two attached hydrogens (primary N) is 2. The van der Waals surface area contributed by atoms with Crippen LogP contribution in [0.1, 0.15) is 154 Å². The summed E-state index contributed by atoms with van der Waals surface area (Å²) in [5.41, 5.74) is 25.4. The van der Waals surface area contributed by atoms with Gasteiger partial charge in [0.05, 0.1) is 0 Å². The third-order valence-electron chi connectivity index (χ3n) is 11.0. The van der Waals surface area contributed by atoms with Crippen molar-refractivity contribution in [3.05, 3.63) is 129 Å². The molecule has 4 aromatic rings. The molecule has 0 heterocycles. The number of nitrogen functional groups attached to an aromatic ring is 2. The Labute approximate surface area is 280 Å². The molecule has 1 fully saturated rings. The normalized spacial score (nSPS) is 15.8. The first kappa shape index (κ1) is 33.8. The fourth-order valence-corrected chi connectivity index (χ4v) is 8.35. The highest BCUT2D eigenvalue weighted by Crippen LogP contribution is 2.46. The summed E-state index contributed by atoms with van der Waals surface area (Å²) in [6, 6.07) is 32.6. The lowest BCUT2D eigenvalue weighted by Gasteiger charge is -2.39. The van der Waals surface area contributed by atoms with Crippen LogP contribution in [-0.2, 0) is 5.41 Å². The highest BCUT2D eigenvalue weighted by molar-refractivity contribution is 5.50. The molecule has 0 bridgehead atoms. The van der Waals surface area contributed by atoms with Gasteiger partial charge in [-0.15, -0.1) is 0 Å². The minimum absolute atomic E-state index is 0.0823. The van der Waals surface area contributed by atoms with Crippen molar-refractivity contribution < 1.29 is 0 Å². The number of hydrogen-bond donors (Lipinski definition) is 2. The van der Waals surface area contributed by atoms with E-state index in [4.69, 9.17) is 11.5 Å². The van der Waals surface area contributed by atoms with E-state index in [1.165, 1.54) is 128 Å². The van der Waals surface area contributed by atoms with Gasteiger partial charge in [-0.25, -0.2) is 0 Å². The summed E-state index contributed by atoms with van der Waals surface area (Å²) in [6.45, 7) is 9.02. The monoisotopic (exact) mass is 614 g/mol. The van der Waals surface area contributed by atoms with E-state index in [0.717, 1.165) is 11.4 Å². The molecule has 5 rings (SSSR count). The third kappa shape index (κ3) is 7.71. The van der Waals surface area contributed by atoms with Crippen LogP contribution in [0.2, 0.25) is 0 Å². The van der Waals surface area contributed by atoms with Gasteiger partial charge in [-0.3, -0.25) is 0 Å². The second-order valence-electron chi connectivity index (χ2n) is 14.2. The Morgan fingerprint density at radius 2 is 0.957 bits per heavy atom. The molecule has 4 aromatic carbocycles. The third-order valence-corrected chi connectivity index (χ3v) is 11.0. The van der Waals surface area contributed by atoms with Crippen molar-refractivity contribution in [3.8, 4) is 0 Å². The van der Waals surface area contributed by atoms with Crippen molar-refractivity contribution in [3.63, 3.8) is 0 Å². The lowest BCUT2D eigenvalue weighted by molar-refractivity contribution is 0.346. The molecule has 0 radical (unpaired) electrons. The molecule has 2 atom stereocenters. The van der Waals surface area contributed by atoms with Crippen LogP contribution < -0.4 is 11.5 Å². The van der Waals surface area contributed by atoms with Crippen LogP contribution in [0, 0.1) is 13.8 Å². The molecule has 0 spiro atoms. The van der Waals surface area contributed by atoms with E-state index < -0.39 is 0 Å². The van der Waals surface area contributed by atoms with Crippen LogP contribution in [-0.4, -0.2) is 0 Å². The van der Waals surface area contributed by atoms with Gasteiger partial charge in [-0.2, -0.15) is 0 Å². The first-order valence-electron chi connectivity index (χ1n) is 18.3. The van der Waals surface area contributed by atoms with Gasteiger partial charge in [0.1, 0.15) is 0 Å². The van der Waals surface area contributed by atoms with Crippen LogP contribution in [0.3, 0.4) is 0 Å². The molecule has 0 amide bonds. The number of hydrogen-bond acceptors (Lipinski definition) is 2. The minimum atomic E-state index is 0.0823. The first-order valence-corrected chi connectivity index (χ1v) is 18.3. The van der Waals surface area contributed by atoms with Crippen LogP contribution in [0.25, 0.3) is 0 Å². The molecule has 1 aliphatic carbocycles. The maximum Gasteiger partial charge on any atom is 0.0316 e. The zero-order valence-electron chi connectivity index (χ0n) is 29.1. The average Bonchev–Trinajstić information content (AvgIpc) is 3.07. The summed E-state index contributed by atoms with van der Waals surface area (Å²) in [5, 5.41) is 0. The number of benzene rings is 4. The maximum absolute atomic E-state index is 6.15. The number of unbranched alkanes of at least 4 members (excludes halogenated alkanes) is 4. The van der Waals surface area contributed by atoms with Crippen molar-refractivity contribution in [2.75, 3.05) is 11.5 Å². The van der Waals surface area contributed by atoms with Gasteiger partial charge in [-0.05, 0) is 108 Å². The summed E-state index contributed by atoms with van der Waals surface area (Å²) in [4.78, 5) is 0. The van der Waals surface area contributed by atoms with Gasteiger partial charge < -0.3 is 11.5 Å². The molecule has 2 unspecified atom stereocenters. The maximum atomic E-state index is 6.15. The average molecular weight is 615 g/mol. The molecule has 1 aliphatic rings. The van der Waals surface area contributed by atoms with Gasteiger partial charge in [0.2, 0.25) is 0 Å². The van der Waals surface area contributed by atoms with E-state index >= 15 is 0 Å².